The standard InChI is InChI=1S/C14H12F2N4S/c1-2-8-6-9-13(20-17)18-12(19-14(9)21-8)7-3-4-10(15)11(16)5-7/h3-6H,2,17H2,1H3,(H,18,19,20). The maximum absolute atomic E-state index is 13.4. The fourth-order valence-electron chi connectivity index (χ4n) is 2.02. The van der Waals surface area contributed by atoms with E-state index in [1.165, 1.54) is 17.4 Å². The molecular weight excluding hydrogens is 294 g/mol. The number of anilines is 1. The van der Waals surface area contributed by atoms with Crippen molar-refractivity contribution in [3.8, 4) is 11.4 Å². The van der Waals surface area contributed by atoms with Crippen LogP contribution in [0.1, 0.15) is 11.8 Å². The Labute approximate surface area is 123 Å². The van der Waals surface area contributed by atoms with E-state index in [2.05, 4.69) is 15.4 Å². The maximum Gasteiger partial charge on any atom is 0.163 e. The van der Waals surface area contributed by atoms with Gasteiger partial charge in [0.2, 0.25) is 0 Å². The summed E-state index contributed by atoms with van der Waals surface area (Å²) in [6.45, 7) is 2.05. The van der Waals surface area contributed by atoms with E-state index in [1.54, 1.807) is 0 Å². The Hall–Kier alpha value is -2.12. The molecule has 0 bridgehead atoms. The molecule has 1 aromatic carbocycles. The molecule has 0 amide bonds. The molecule has 0 atom stereocenters. The zero-order chi connectivity index (χ0) is 15.0. The summed E-state index contributed by atoms with van der Waals surface area (Å²) in [4.78, 5) is 10.6. The van der Waals surface area contributed by atoms with Gasteiger partial charge in [-0.2, -0.15) is 0 Å². The van der Waals surface area contributed by atoms with Crippen molar-refractivity contribution in [2.75, 3.05) is 5.43 Å². The number of nitrogens with one attached hydrogen (secondary N) is 1. The predicted octanol–water partition coefficient (Wildman–Crippen LogP) is 3.48. The Morgan fingerprint density at radius 1 is 1.19 bits per heavy atom. The normalized spacial score (nSPS) is 11.0. The third-order valence-electron chi connectivity index (χ3n) is 3.11. The number of halogens is 2. The van der Waals surface area contributed by atoms with Gasteiger partial charge < -0.3 is 5.43 Å². The molecule has 0 saturated carbocycles. The molecular formula is C14H12F2N4S. The molecule has 0 aliphatic heterocycles. The van der Waals surface area contributed by atoms with E-state index in [1.807, 2.05) is 13.0 Å². The zero-order valence-corrected chi connectivity index (χ0v) is 12.0. The number of nitrogens with two attached hydrogens (primary N) is 1. The maximum atomic E-state index is 13.4. The summed E-state index contributed by atoms with van der Waals surface area (Å²) in [5.74, 6) is 4.44. The van der Waals surface area contributed by atoms with Gasteiger partial charge in [0, 0.05) is 10.4 Å². The largest absolute Gasteiger partial charge is 0.308 e. The van der Waals surface area contributed by atoms with Crippen molar-refractivity contribution in [3.05, 3.63) is 40.8 Å². The first-order valence-corrected chi connectivity index (χ1v) is 7.16. The minimum atomic E-state index is -0.932. The molecule has 21 heavy (non-hydrogen) atoms. The Bertz CT molecular complexity index is 816. The van der Waals surface area contributed by atoms with Crippen LogP contribution in [-0.4, -0.2) is 9.97 Å². The summed E-state index contributed by atoms with van der Waals surface area (Å²) in [7, 11) is 0. The van der Waals surface area contributed by atoms with E-state index >= 15 is 0 Å². The van der Waals surface area contributed by atoms with Gasteiger partial charge in [-0.15, -0.1) is 11.3 Å². The summed E-state index contributed by atoms with van der Waals surface area (Å²) in [5, 5.41) is 0.825. The Morgan fingerprint density at radius 2 is 2.00 bits per heavy atom. The Balaban J connectivity index is 2.20. The van der Waals surface area contributed by atoms with Gasteiger partial charge in [-0.25, -0.2) is 24.6 Å². The van der Waals surface area contributed by atoms with Crippen LogP contribution in [0.4, 0.5) is 14.6 Å². The number of thiophene rings is 1. The topological polar surface area (TPSA) is 63.8 Å². The quantitative estimate of drug-likeness (QED) is 0.574. The first-order valence-electron chi connectivity index (χ1n) is 6.35. The van der Waals surface area contributed by atoms with E-state index in [0.29, 0.717) is 17.2 Å². The van der Waals surface area contributed by atoms with Crippen LogP contribution in [0.25, 0.3) is 21.6 Å². The predicted molar refractivity (Wildman–Crippen MR) is 80.0 cm³/mol. The van der Waals surface area contributed by atoms with Crippen LogP contribution in [-0.2, 0) is 6.42 Å². The second-order valence-corrected chi connectivity index (χ2v) is 5.57. The van der Waals surface area contributed by atoms with Crippen molar-refractivity contribution in [1.82, 2.24) is 9.97 Å². The van der Waals surface area contributed by atoms with Gasteiger partial charge in [0.15, 0.2) is 23.3 Å². The lowest BCUT2D eigenvalue weighted by atomic mass is 10.2. The van der Waals surface area contributed by atoms with Gasteiger partial charge in [-0.05, 0) is 30.7 Å². The summed E-state index contributed by atoms with van der Waals surface area (Å²) in [6, 6.07) is 5.54. The molecule has 3 N–H and O–H groups in total. The lowest BCUT2D eigenvalue weighted by molar-refractivity contribution is 0.509. The number of hydrogen-bond acceptors (Lipinski definition) is 5. The van der Waals surface area contributed by atoms with Crippen LogP contribution in [0.3, 0.4) is 0 Å². The molecule has 3 aromatic rings. The minimum absolute atomic E-state index is 0.304. The molecule has 0 aliphatic carbocycles. The number of nitrogen functional groups attached to an aromatic ring is 1. The second kappa shape index (κ2) is 5.34. The first-order chi connectivity index (χ1) is 10.1. The Kier molecular flexibility index (Phi) is 3.52. The molecule has 4 nitrogen and oxygen atoms in total. The number of hydrogen-bond donors (Lipinski definition) is 2. The van der Waals surface area contributed by atoms with E-state index in [-0.39, 0.29) is 0 Å². The monoisotopic (exact) mass is 306 g/mol. The van der Waals surface area contributed by atoms with Crippen molar-refractivity contribution >= 4 is 27.4 Å². The molecule has 7 heteroatoms. The molecule has 0 saturated heterocycles. The summed E-state index contributed by atoms with van der Waals surface area (Å²) >= 11 is 1.53. The van der Waals surface area contributed by atoms with E-state index in [4.69, 9.17) is 5.84 Å². The van der Waals surface area contributed by atoms with Gasteiger partial charge in [0.25, 0.3) is 0 Å². The highest BCUT2D eigenvalue weighted by atomic mass is 32.1. The van der Waals surface area contributed by atoms with Crippen LogP contribution >= 0.6 is 11.3 Å². The number of hydrazine groups is 1. The smallest absolute Gasteiger partial charge is 0.163 e. The molecule has 3 rings (SSSR count). The average molecular weight is 306 g/mol. The first kappa shape index (κ1) is 13.8. The van der Waals surface area contributed by atoms with Crippen LogP contribution in [0.5, 0.6) is 0 Å². The van der Waals surface area contributed by atoms with Crippen molar-refractivity contribution in [3.63, 3.8) is 0 Å². The number of rotatable bonds is 3. The van der Waals surface area contributed by atoms with Crippen molar-refractivity contribution < 1.29 is 8.78 Å². The minimum Gasteiger partial charge on any atom is -0.308 e. The van der Waals surface area contributed by atoms with Crippen molar-refractivity contribution in [2.45, 2.75) is 13.3 Å². The SMILES string of the molecule is CCc1cc2c(NN)nc(-c3ccc(F)c(F)c3)nc2s1. The molecule has 0 spiro atoms. The van der Waals surface area contributed by atoms with Crippen molar-refractivity contribution in [2.24, 2.45) is 5.84 Å². The number of aryl methyl sites for hydroxylation is 1. The van der Waals surface area contributed by atoms with Gasteiger partial charge in [0.05, 0.1) is 5.39 Å². The van der Waals surface area contributed by atoms with Crippen LogP contribution in [0.15, 0.2) is 24.3 Å². The number of benzene rings is 1. The fraction of sp³-hybridized carbons (Fsp3) is 0.143. The third-order valence-corrected chi connectivity index (χ3v) is 4.28. The molecule has 2 aromatic heterocycles. The van der Waals surface area contributed by atoms with Crippen LogP contribution in [0.2, 0.25) is 0 Å². The van der Waals surface area contributed by atoms with Gasteiger partial charge in [0.1, 0.15) is 4.83 Å². The molecule has 0 fully saturated rings. The highest BCUT2D eigenvalue weighted by Crippen LogP contribution is 2.31. The lowest BCUT2D eigenvalue weighted by Gasteiger charge is -2.05. The number of fused-ring (bicyclic) bond motifs is 1. The third kappa shape index (κ3) is 2.45. The molecule has 2 heterocycles. The second-order valence-electron chi connectivity index (χ2n) is 4.45. The summed E-state index contributed by atoms with van der Waals surface area (Å²) in [6.07, 6.45) is 0.881. The highest BCUT2D eigenvalue weighted by Gasteiger charge is 2.13. The highest BCUT2D eigenvalue weighted by molar-refractivity contribution is 7.18. The molecule has 0 aliphatic rings. The van der Waals surface area contributed by atoms with E-state index in [0.717, 1.165) is 33.6 Å². The number of nitrogens with zero attached hydrogens (tertiary/aromatic N) is 2. The van der Waals surface area contributed by atoms with E-state index in [9.17, 15) is 8.78 Å². The molecule has 0 unspecified atom stereocenters. The van der Waals surface area contributed by atoms with Crippen LogP contribution in [0, 0.1) is 11.6 Å². The van der Waals surface area contributed by atoms with E-state index < -0.39 is 11.6 Å². The van der Waals surface area contributed by atoms with Gasteiger partial charge >= 0.3 is 0 Å². The summed E-state index contributed by atoms with van der Waals surface area (Å²) < 4.78 is 26.4. The van der Waals surface area contributed by atoms with Gasteiger partial charge in [-0.3, -0.25) is 0 Å². The molecule has 108 valence electrons. The van der Waals surface area contributed by atoms with Gasteiger partial charge in [-0.1, -0.05) is 6.92 Å². The fourth-order valence-corrected chi connectivity index (χ4v) is 2.99. The molecule has 0 radical (unpaired) electrons. The number of aromatic nitrogens is 2. The Morgan fingerprint density at radius 3 is 2.67 bits per heavy atom. The summed E-state index contributed by atoms with van der Waals surface area (Å²) in [5.41, 5.74) is 2.93. The van der Waals surface area contributed by atoms with Crippen LogP contribution < -0.4 is 11.3 Å². The lowest BCUT2D eigenvalue weighted by Crippen LogP contribution is -2.09. The average Bonchev–Trinajstić information content (AvgIpc) is 2.92. The zero-order valence-electron chi connectivity index (χ0n) is 11.2. The van der Waals surface area contributed by atoms with Crippen molar-refractivity contribution in [1.29, 1.82) is 0 Å².